The molecule has 3 nitrogen and oxygen atoms in total. The molecule has 0 bridgehead atoms. The lowest BCUT2D eigenvalue weighted by Gasteiger charge is -2.07. The first kappa shape index (κ1) is 12.1. The maximum absolute atomic E-state index is 6.01. The number of hydrogen-bond donors (Lipinski definition) is 1. The van der Waals surface area contributed by atoms with Gasteiger partial charge in [0.2, 0.25) is 0 Å². The van der Waals surface area contributed by atoms with Gasteiger partial charge in [-0.1, -0.05) is 11.6 Å². The van der Waals surface area contributed by atoms with E-state index in [1.165, 1.54) is 12.8 Å². The third-order valence-electron chi connectivity index (χ3n) is 2.40. The normalized spacial score (nSPS) is 15.1. The Hall–Kier alpha value is -0.320. The lowest BCUT2D eigenvalue weighted by molar-refractivity contribution is 0.134. The zero-order valence-electron chi connectivity index (χ0n) is 8.88. The Morgan fingerprint density at radius 3 is 3.06 bits per heavy atom. The second-order valence-electron chi connectivity index (χ2n) is 3.93. The number of ether oxygens (including phenoxy) is 1. The highest BCUT2D eigenvalue weighted by Gasteiger charge is 2.20. The summed E-state index contributed by atoms with van der Waals surface area (Å²) in [7, 11) is 0. The third-order valence-corrected chi connectivity index (χ3v) is 3.12. The molecule has 0 amide bonds. The molecule has 1 N–H and O–H groups in total. The minimum atomic E-state index is 0.622. The van der Waals surface area contributed by atoms with Crippen molar-refractivity contribution in [2.45, 2.75) is 12.8 Å². The van der Waals surface area contributed by atoms with E-state index in [0.717, 1.165) is 23.5 Å². The second-order valence-corrected chi connectivity index (χ2v) is 5.25. The summed E-state index contributed by atoms with van der Waals surface area (Å²) in [6, 6.07) is 1.82. The molecule has 0 aliphatic heterocycles. The minimum Gasteiger partial charge on any atom is -0.379 e. The van der Waals surface area contributed by atoms with E-state index in [4.69, 9.17) is 16.3 Å². The van der Waals surface area contributed by atoms with E-state index in [0.29, 0.717) is 17.4 Å². The lowest BCUT2D eigenvalue weighted by atomic mass is 10.4. The van der Waals surface area contributed by atoms with Crippen molar-refractivity contribution in [2.75, 3.05) is 25.1 Å². The predicted octanol–water partition coefficient (Wildman–Crippen LogP) is 3.34. The molecule has 1 fully saturated rings. The molecule has 88 valence electrons. The Kier molecular flexibility index (Phi) is 4.44. The van der Waals surface area contributed by atoms with Gasteiger partial charge in [0.05, 0.1) is 11.6 Å². The Morgan fingerprint density at radius 1 is 1.56 bits per heavy atom. The summed E-state index contributed by atoms with van der Waals surface area (Å²) < 4.78 is 6.38. The second kappa shape index (κ2) is 5.84. The molecule has 0 atom stereocenters. The van der Waals surface area contributed by atoms with Crippen LogP contribution in [0.15, 0.2) is 16.7 Å². The molecule has 5 heteroatoms. The zero-order chi connectivity index (χ0) is 11.4. The highest BCUT2D eigenvalue weighted by molar-refractivity contribution is 9.10. The number of anilines is 1. The first-order valence-electron chi connectivity index (χ1n) is 5.38. The molecule has 1 heterocycles. The number of aromatic nitrogens is 1. The summed E-state index contributed by atoms with van der Waals surface area (Å²) in [6.45, 7) is 2.33. The number of rotatable bonds is 6. The van der Waals surface area contributed by atoms with Crippen molar-refractivity contribution in [2.24, 2.45) is 5.92 Å². The smallest absolute Gasteiger partial charge is 0.144 e. The summed E-state index contributed by atoms with van der Waals surface area (Å²) in [5.41, 5.74) is 0. The van der Waals surface area contributed by atoms with E-state index in [1.54, 1.807) is 6.20 Å². The van der Waals surface area contributed by atoms with E-state index in [9.17, 15) is 0 Å². The van der Waals surface area contributed by atoms with Gasteiger partial charge in [-0.2, -0.15) is 0 Å². The number of nitrogens with one attached hydrogen (secondary N) is 1. The quantitative estimate of drug-likeness (QED) is 0.819. The van der Waals surface area contributed by atoms with Crippen LogP contribution in [0.5, 0.6) is 0 Å². The van der Waals surface area contributed by atoms with Crippen molar-refractivity contribution >= 4 is 33.3 Å². The van der Waals surface area contributed by atoms with Crippen LogP contribution in [-0.4, -0.2) is 24.7 Å². The average molecular weight is 306 g/mol. The molecule has 0 aromatic carbocycles. The van der Waals surface area contributed by atoms with Crippen molar-refractivity contribution in [3.8, 4) is 0 Å². The van der Waals surface area contributed by atoms with Crippen molar-refractivity contribution < 1.29 is 4.74 Å². The first-order valence-corrected chi connectivity index (χ1v) is 6.55. The number of pyridine rings is 1. The van der Waals surface area contributed by atoms with Crippen molar-refractivity contribution in [3.05, 3.63) is 21.8 Å². The fourth-order valence-electron chi connectivity index (χ4n) is 1.32. The van der Waals surface area contributed by atoms with Gasteiger partial charge >= 0.3 is 0 Å². The molecule has 1 aromatic rings. The Labute approximate surface area is 109 Å². The van der Waals surface area contributed by atoms with E-state index in [-0.39, 0.29) is 0 Å². The Morgan fingerprint density at radius 2 is 2.38 bits per heavy atom. The highest BCUT2D eigenvalue weighted by atomic mass is 79.9. The van der Waals surface area contributed by atoms with E-state index in [1.807, 2.05) is 6.07 Å². The van der Waals surface area contributed by atoms with E-state index < -0.39 is 0 Å². The maximum atomic E-state index is 6.01. The van der Waals surface area contributed by atoms with Crippen LogP contribution in [-0.2, 0) is 4.74 Å². The Bertz CT molecular complexity index is 358. The lowest BCUT2D eigenvalue weighted by Crippen LogP contribution is -2.11. The molecule has 1 aliphatic carbocycles. The van der Waals surface area contributed by atoms with Crippen LogP contribution in [0.25, 0.3) is 0 Å². The van der Waals surface area contributed by atoms with Gasteiger partial charge in [0.25, 0.3) is 0 Å². The number of halogens is 2. The first-order chi connectivity index (χ1) is 7.75. The molecule has 0 spiro atoms. The van der Waals surface area contributed by atoms with Gasteiger partial charge in [-0.15, -0.1) is 0 Å². The predicted molar refractivity (Wildman–Crippen MR) is 69.0 cm³/mol. The Balaban J connectivity index is 1.67. The van der Waals surface area contributed by atoms with Gasteiger partial charge < -0.3 is 10.1 Å². The molecular weight excluding hydrogens is 291 g/mol. The average Bonchev–Trinajstić information content (AvgIpc) is 3.04. The van der Waals surface area contributed by atoms with Crippen LogP contribution in [0.4, 0.5) is 5.82 Å². The molecule has 0 unspecified atom stereocenters. The summed E-state index contributed by atoms with van der Waals surface area (Å²) in [5.74, 6) is 1.52. The van der Waals surface area contributed by atoms with Gasteiger partial charge in [0.1, 0.15) is 5.82 Å². The monoisotopic (exact) mass is 304 g/mol. The van der Waals surface area contributed by atoms with Crippen LogP contribution < -0.4 is 5.32 Å². The molecule has 1 aliphatic rings. The van der Waals surface area contributed by atoms with E-state index >= 15 is 0 Å². The van der Waals surface area contributed by atoms with Gasteiger partial charge in [-0.25, -0.2) is 4.98 Å². The summed E-state index contributed by atoms with van der Waals surface area (Å²) in [4.78, 5) is 4.18. The SMILES string of the molecule is Clc1cc(Br)cnc1NCCOCC1CC1. The largest absolute Gasteiger partial charge is 0.379 e. The zero-order valence-corrected chi connectivity index (χ0v) is 11.2. The summed E-state index contributed by atoms with van der Waals surface area (Å²) in [5, 5.41) is 3.77. The van der Waals surface area contributed by atoms with Gasteiger partial charge in [-0.05, 0) is 40.8 Å². The van der Waals surface area contributed by atoms with Gasteiger partial charge in [0, 0.05) is 23.8 Å². The van der Waals surface area contributed by atoms with Crippen LogP contribution in [0.1, 0.15) is 12.8 Å². The van der Waals surface area contributed by atoms with Crippen LogP contribution in [0.2, 0.25) is 5.02 Å². The van der Waals surface area contributed by atoms with Crippen molar-refractivity contribution in [1.82, 2.24) is 4.98 Å². The standard InChI is InChI=1S/C11H14BrClN2O/c12-9-5-10(13)11(15-6-9)14-3-4-16-7-8-1-2-8/h5-6,8H,1-4,7H2,(H,14,15). The van der Waals surface area contributed by atoms with Crippen LogP contribution >= 0.6 is 27.5 Å². The fraction of sp³-hybridized carbons (Fsp3) is 0.545. The molecule has 16 heavy (non-hydrogen) atoms. The summed E-state index contributed by atoms with van der Waals surface area (Å²) in [6.07, 6.45) is 4.38. The fourth-order valence-corrected chi connectivity index (χ4v) is 2.02. The van der Waals surface area contributed by atoms with Crippen molar-refractivity contribution in [1.29, 1.82) is 0 Å². The van der Waals surface area contributed by atoms with Crippen LogP contribution in [0, 0.1) is 5.92 Å². The highest BCUT2D eigenvalue weighted by Crippen LogP contribution is 2.28. The topological polar surface area (TPSA) is 34.2 Å². The number of nitrogens with zero attached hydrogens (tertiary/aromatic N) is 1. The van der Waals surface area contributed by atoms with Gasteiger partial charge in [0.15, 0.2) is 0 Å². The van der Waals surface area contributed by atoms with Gasteiger partial charge in [-0.3, -0.25) is 0 Å². The molecule has 2 rings (SSSR count). The molecule has 1 aromatic heterocycles. The molecule has 0 radical (unpaired) electrons. The number of hydrogen-bond acceptors (Lipinski definition) is 3. The molecule has 1 saturated carbocycles. The van der Waals surface area contributed by atoms with Crippen LogP contribution in [0.3, 0.4) is 0 Å². The minimum absolute atomic E-state index is 0.622. The summed E-state index contributed by atoms with van der Waals surface area (Å²) >= 11 is 9.32. The third kappa shape index (κ3) is 3.92. The van der Waals surface area contributed by atoms with Crippen molar-refractivity contribution in [3.63, 3.8) is 0 Å². The molecule has 0 saturated heterocycles. The van der Waals surface area contributed by atoms with E-state index in [2.05, 4.69) is 26.2 Å². The maximum Gasteiger partial charge on any atom is 0.144 e. The molecular formula is C11H14BrClN2O.